The summed E-state index contributed by atoms with van der Waals surface area (Å²) >= 11 is 0. The molecule has 0 aromatic carbocycles. The Morgan fingerprint density at radius 1 is 1.10 bits per heavy atom. The van der Waals surface area contributed by atoms with Crippen LogP contribution in [-0.4, -0.2) is 50.5 Å². The Labute approximate surface area is 174 Å². The molecule has 2 amide bonds. The second-order valence-electron chi connectivity index (χ2n) is 7.84. The van der Waals surface area contributed by atoms with E-state index in [1.807, 2.05) is 0 Å². The molecule has 0 radical (unpaired) electrons. The normalized spacial score (nSPS) is 14.8. The summed E-state index contributed by atoms with van der Waals surface area (Å²) in [6.07, 6.45) is 4.42. The molecule has 162 valence electrons. The minimum Gasteiger partial charge on any atom is -0.356 e. The van der Waals surface area contributed by atoms with Gasteiger partial charge in [-0.25, -0.2) is 9.78 Å². The Morgan fingerprint density at radius 3 is 2.47 bits per heavy atom. The largest absolute Gasteiger partial charge is 0.356 e. The van der Waals surface area contributed by atoms with Crippen LogP contribution in [0.3, 0.4) is 0 Å². The van der Waals surface area contributed by atoms with Crippen LogP contribution >= 0.6 is 0 Å². The van der Waals surface area contributed by atoms with Gasteiger partial charge in [-0.1, -0.05) is 19.8 Å². The molecule has 0 saturated carbocycles. The first-order valence-electron chi connectivity index (χ1n) is 10.5. The van der Waals surface area contributed by atoms with Crippen LogP contribution in [0.4, 0.5) is 0 Å². The van der Waals surface area contributed by atoms with Gasteiger partial charge in [0.15, 0.2) is 0 Å². The van der Waals surface area contributed by atoms with Crippen LogP contribution in [0.1, 0.15) is 49.5 Å². The van der Waals surface area contributed by atoms with Crippen LogP contribution in [0.15, 0.2) is 21.7 Å². The molecule has 0 spiro atoms. The van der Waals surface area contributed by atoms with E-state index in [1.54, 1.807) is 4.90 Å². The highest BCUT2D eigenvalue weighted by molar-refractivity contribution is 5.94. The highest BCUT2D eigenvalue weighted by atomic mass is 16.2. The van der Waals surface area contributed by atoms with Crippen molar-refractivity contribution < 1.29 is 9.59 Å². The third-order valence-electron chi connectivity index (χ3n) is 5.75. The van der Waals surface area contributed by atoms with Gasteiger partial charge < -0.3 is 10.2 Å². The Morgan fingerprint density at radius 2 is 1.80 bits per heavy atom. The standard InChI is InChI=1S/C21H29N5O4/c1-4-5-6-11-22-18(27)14-9-12-26(13-10-14)20(29)16-8-7-15-17(23-16)24(2)21(30)25(3)19(15)28/h7-8,14H,4-6,9-13H2,1-3H3,(H,22,27). The van der Waals surface area contributed by atoms with Gasteiger partial charge in [-0.3, -0.25) is 23.5 Å². The van der Waals surface area contributed by atoms with Crippen LogP contribution in [0.5, 0.6) is 0 Å². The SMILES string of the molecule is CCCCCNC(=O)C1CCN(C(=O)c2ccc3c(=O)n(C)c(=O)n(C)c3n2)CC1. The molecule has 0 atom stereocenters. The predicted octanol–water partition coefficient (Wildman–Crippen LogP) is 0.791. The van der Waals surface area contributed by atoms with Crippen molar-refractivity contribution in [1.82, 2.24) is 24.3 Å². The monoisotopic (exact) mass is 415 g/mol. The summed E-state index contributed by atoms with van der Waals surface area (Å²) in [5.41, 5.74) is -0.552. The van der Waals surface area contributed by atoms with E-state index in [4.69, 9.17) is 0 Å². The summed E-state index contributed by atoms with van der Waals surface area (Å²) in [5, 5.41) is 3.27. The van der Waals surface area contributed by atoms with Crippen LogP contribution in [0.2, 0.25) is 0 Å². The summed E-state index contributed by atoms with van der Waals surface area (Å²) in [6, 6.07) is 3.05. The van der Waals surface area contributed by atoms with E-state index < -0.39 is 11.2 Å². The summed E-state index contributed by atoms with van der Waals surface area (Å²) in [7, 11) is 2.93. The lowest BCUT2D eigenvalue weighted by atomic mass is 9.95. The van der Waals surface area contributed by atoms with E-state index >= 15 is 0 Å². The first-order chi connectivity index (χ1) is 14.3. The fourth-order valence-electron chi connectivity index (χ4n) is 3.81. The number of piperidine rings is 1. The second-order valence-corrected chi connectivity index (χ2v) is 7.84. The number of nitrogens with one attached hydrogen (secondary N) is 1. The van der Waals surface area contributed by atoms with Crippen molar-refractivity contribution in [1.29, 1.82) is 0 Å². The maximum atomic E-state index is 12.9. The number of unbranched alkanes of at least 4 members (excludes halogenated alkanes) is 2. The number of likely N-dealkylation sites (tertiary alicyclic amines) is 1. The zero-order valence-electron chi connectivity index (χ0n) is 17.8. The highest BCUT2D eigenvalue weighted by Gasteiger charge is 2.28. The second kappa shape index (κ2) is 9.23. The van der Waals surface area contributed by atoms with Gasteiger partial charge in [0.25, 0.3) is 11.5 Å². The maximum absolute atomic E-state index is 12.9. The average molecular weight is 415 g/mol. The third kappa shape index (κ3) is 4.29. The molecule has 9 heteroatoms. The van der Waals surface area contributed by atoms with Gasteiger partial charge in [0.05, 0.1) is 5.39 Å². The van der Waals surface area contributed by atoms with Gasteiger partial charge in [0, 0.05) is 39.6 Å². The van der Waals surface area contributed by atoms with Gasteiger partial charge in [-0.2, -0.15) is 0 Å². The zero-order chi connectivity index (χ0) is 21.8. The molecule has 3 heterocycles. The maximum Gasteiger partial charge on any atom is 0.332 e. The van der Waals surface area contributed by atoms with E-state index in [0.717, 1.165) is 23.8 Å². The third-order valence-corrected chi connectivity index (χ3v) is 5.75. The van der Waals surface area contributed by atoms with Gasteiger partial charge in [-0.15, -0.1) is 0 Å². The van der Waals surface area contributed by atoms with Crippen molar-refractivity contribution >= 4 is 22.8 Å². The number of carbonyl (C=O) groups excluding carboxylic acids is 2. The van der Waals surface area contributed by atoms with Crippen LogP contribution in [0, 0.1) is 5.92 Å². The minimum atomic E-state index is -0.490. The van der Waals surface area contributed by atoms with Gasteiger partial charge in [0.1, 0.15) is 11.3 Å². The molecule has 3 rings (SSSR count). The molecule has 1 N–H and O–H groups in total. The molecule has 2 aromatic heterocycles. The summed E-state index contributed by atoms with van der Waals surface area (Å²) < 4.78 is 2.28. The van der Waals surface area contributed by atoms with E-state index in [2.05, 4.69) is 17.2 Å². The van der Waals surface area contributed by atoms with Crippen molar-refractivity contribution in [2.75, 3.05) is 19.6 Å². The number of aromatic nitrogens is 3. The lowest BCUT2D eigenvalue weighted by Crippen LogP contribution is -2.43. The highest BCUT2D eigenvalue weighted by Crippen LogP contribution is 2.19. The zero-order valence-corrected chi connectivity index (χ0v) is 17.8. The first kappa shape index (κ1) is 21.7. The first-order valence-corrected chi connectivity index (χ1v) is 10.5. The number of pyridine rings is 1. The number of nitrogens with zero attached hydrogens (tertiary/aromatic N) is 4. The van der Waals surface area contributed by atoms with E-state index in [-0.39, 0.29) is 34.5 Å². The minimum absolute atomic E-state index is 0.0628. The van der Waals surface area contributed by atoms with Crippen LogP contribution in [0.25, 0.3) is 11.0 Å². The van der Waals surface area contributed by atoms with Crippen LogP contribution in [-0.2, 0) is 18.9 Å². The summed E-state index contributed by atoms with van der Waals surface area (Å²) in [5.74, 6) is -0.274. The predicted molar refractivity (Wildman–Crippen MR) is 113 cm³/mol. The Balaban J connectivity index is 1.68. The van der Waals surface area contributed by atoms with Crippen molar-refractivity contribution in [2.24, 2.45) is 20.0 Å². The lowest BCUT2D eigenvalue weighted by molar-refractivity contribution is -0.126. The smallest absolute Gasteiger partial charge is 0.332 e. The number of rotatable bonds is 6. The average Bonchev–Trinajstić information content (AvgIpc) is 2.78. The van der Waals surface area contributed by atoms with E-state index in [0.29, 0.717) is 32.5 Å². The number of fused-ring (bicyclic) bond motifs is 1. The summed E-state index contributed by atoms with van der Waals surface area (Å²) in [6.45, 7) is 3.77. The van der Waals surface area contributed by atoms with E-state index in [9.17, 15) is 19.2 Å². The van der Waals surface area contributed by atoms with E-state index in [1.165, 1.54) is 30.8 Å². The number of hydrogen-bond acceptors (Lipinski definition) is 5. The molecule has 0 unspecified atom stereocenters. The number of amides is 2. The Bertz CT molecular complexity index is 1060. The fraction of sp³-hybridized carbons (Fsp3) is 0.571. The number of carbonyl (C=O) groups is 2. The molecule has 9 nitrogen and oxygen atoms in total. The van der Waals surface area contributed by atoms with Gasteiger partial charge in [-0.05, 0) is 31.4 Å². The lowest BCUT2D eigenvalue weighted by Gasteiger charge is -2.31. The molecule has 1 aliphatic heterocycles. The summed E-state index contributed by atoms with van der Waals surface area (Å²) in [4.78, 5) is 55.6. The van der Waals surface area contributed by atoms with Gasteiger partial charge in [0.2, 0.25) is 5.91 Å². The molecular weight excluding hydrogens is 386 g/mol. The van der Waals surface area contributed by atoms with Crippen molar-refractivity contribution in [3.05, 3.63) is 38.7 Å². The molecule has 1 fully saturated rings. The topological polar surface area (TPSA) is 106 Å². The van der Waals surface area contributed by atoms with Crippen molar-refractivity contribution in [2.45, 2.75) is 39.0 Å². The Kier molecular flexibility index (Phi) is 6.69. The molecular formula is C21H29N5O4. The van der Waals surface area contributed by atoms with Gasteiger partial charge >= 0.3 is 5.69 Å². The molecule has 1 saturated heterocycles. The quantitative estimate of drug-likeness (QED) is 0.702. The Hall–Kier alpha value is -2.97. The number of aryl methyl sites for hydroxylation is 1. The molecule has 30 heavy (non-hydrogen) atoms. The molecule has 0 aliphatic carbocycles. The number of hydrogen-bond donors (Lipinski definition) is 1. The molecule has 0 bridgehead atoms. The van der Waals surface area contributed by atoms with Crippen molar-refractivity contribution in [3.8, 4) is 0 Å². The van der Waals surface area contributed by atoms with Crippen molar-refractivity contribution in [3.63, 3.8) is 0 Å². The molecule has 2 aromatic rings. The fourth-order valence-corrected chi connectivity index (χ4v) is 3.81. The molecule has 1 aliphatic rings. The van der Waals surface area contributed by atoms with Crippen LogP contribution < -0.4 is 16.6 Å².